The van der Waals surface area contributed by atoms with Gasteiger partial charge in [0, 0.05) is 6.42 Å². The van der Waals surface area contributed by atoms with Crippen LogP contribution in [-0.2, 0) is 14.4 Å². The fraction of sp³-hybridized carbons (Fsp3) is 0.533. The minimum Gasteiger partial charge on any atom is -0.481 e. The lowest BCUT2D eigenvalue weighted by molar-refractivity contribution is -0.137. The highest BCUT2D eigenvalue weighted by Crippen LogP contribution is 2.01. The summed E-state index contributed by atoms with van der Waals surface area (Å²) in [5, 5.41) is 8.88. The van der Waals surface area contributed by atoms with E-state index in [0.717, 1.165) is 30.4 Å². The average Bonchev–Trinajstić information content (AvgIpc) is 2.71. The van der Waals surface area contributed by atoms with Gasteiger partial charge in [-0.1, -0.05) is 26.2 Å². The van der Waals surface area contributed by atoms with E-state index in [2.05, 4.69) is 11.9 Å². The van der Waals surface area contributed by atoms with E-state index in [1.54, 1.807) is 25.7 Å². The lowest BCUT2D eigenvalue weighted by Gasteiger charge is -1.92. The number of hydrogen-bond donors (Lipinski definition) is 2. The fourth-order valence-electron chi connectivity index (χ4n) is 1.59. The first kappa shape index (κ1) is 17.9. The van der Waals surface area contributed by atoms with Crippen LogP contribution in [0.2, 0.25) is 0 Å². The second-order valence-electron chi connectivity index (χ2n) is 4.53. The first-order valence-corrected chi connectivity index (χ1v) is 6.65. The minimum atomic E-state index is -0.675. The summed E-state index contributed by atoms with van der Waals surface area (Å²) in [6, 6.07) is 0. The maximum Gasteiger partial charge on any atom is 0.303 e. The zero-order valence-corrected chi connectivity index (χ0v) is 12.2. The van der Waals surface area contributed by atoms with Crippen LogP contribution in [0.3, 0.4) is 0 Å². The van der Waals surface area contributed by atoms with E-state index in [9.17, 15) is 14.4 Å². The van der Waals surface area contributed by atoms with Gasteiger partial charge in [-0.15, -0.1) is 0 Å². The highest BCUT2D eigenvalue weighted by molar-refractivity contribution is 5.66. The van der Waals surface area contributed by atoms with Crippen molar-refractivity contribution in [3.63, 3.8) is 0 Å². The highest BCUT2D eigenvalue weighted by atomic mass is 16.4. The Hall–Kier alpha value is -2.09. The van der Waals surface area contributed by atoms with Crippen LogP contribution < -0.4 is 10.7 Å². The number of aromatic amines is 1. The van der Waals surface area contributed by atoms with Gasteiger partial charge in [0.25, 0.3) is 0 Å². The average molecular weight is 279 g/mol. The molecule has 0 amide bonds. The number of carboxylic acids is 1. The summed E-state index contributed by atoms with van der Waals surface area (Å²) in [4.78, 5) is 33.0. The van der Waals surface area contributed by atoms with E-state index in [0.29, 0.717) is 17.1 Å². The molecule has 0 aliphatic heterocycles. The van der Waals surface area contributed by atoms with Crippen molar-refractivity contribution in [3.05, 3.63) is 21.8 Å². The van der Waals surface area contributed by atoms with Gasteiger partial charge in [-0.05, 0) is 31.4 Å². The summed E-state index contributed by atoms with van der Waals surface area (Å²) in [6.07, 6.45) is 4.55. The van der Waals surface area contributed by atoms with Gasteiger partial charge >= 0.3 is 5.97 Å². The molecule has 5 heteroatoms. The second kappa shape index (κ2) is 9.79. The normalized spacial score (nSPS) is 9.15. The minimum absolute atomic E-state index is 0.333. The number of nitrogens with one attached hydrogen (secondary N) is 1. The van der Waals surface area contributed by atoms with Gasteiger partial charge in [-0.25, -0.2) is 9.59 Å². The first-order chi connectivity index (χ1) is 9.47. The number of rotatable bonds is 5. The summed E-state index contributed by atoms with van der Waals surface area (Å²) in [7, 11) is 0. The topological polar surface area (TPSA) is 87.2 Å². The zero-order valence-electron chi connectivity index (χ0n) is 12.2. The van der Waals surface area contributed by atoms with Gasteiger partial charge < -0.3 is 10.1 Å². The molecule has 20 heavy (non-hydrogen) atoms. The number of carbonyl (C=O) groups is 1. The van der Waals surface area contributed by atoms with Crippen molar-refractivity contribution in [3.8, 4) is 0 Å². The molecule has 1 heterocycles. The Balaban J connectivity index is 0.000000370. The van der Waals surface area contributed by atoms with Gasteiger partial charge in [-0.3, -0.25) is 4.79 Å². The molecule has 110 valence electrons. The van der Waals surface area contributed by atoms with Crippen molar-refractivity contribution < 1.29 is 19.5 Å². The van der Waals surface area contributed by atoms with Crippen LogP contribution in [0.15, 0.2) is 0 Å². The zero-order chi connectivity index (χ0) is 15.5. The Morgan fingerprint density at radius 3 is 1.85 bits per heavy atom. The van der Waals surface area contributed by atoms with E-state index in [1.165, 1.54) is 6.42 Å². The van der Waals surface area contributed by atoms with E-state index < -0.39 is 5.97 Å². The van der Waals surface area contributed by atoms with Gasteiger partial charge in [-0.2, -0.15) is 0 Å². The van der Waals surface area contributed by atoms with Crippen molar-refractivity contribution in [1.82, 2.24) is 4.98 Å². The number of carbonyl (C=O) groups excluding carboxylic acids is 2. The van der Waals surface area contributed by atoms with Gasteiger partial charge in [0.1, 0.15) is 10.7 Å². The Labute approximate surface area is 118 Å². The highest BCUT2D eigenvalue weighted by Gasteiger charge is 1.99. The summed E-state index contributed by atoms with van der Waals surface area (Å²) >= 11 is 0. The number of aromatic nitrogens is 1. The Kier molecular flexibility index (Phi) is 8.77. The first-order valence-electron chi connectivity index (χ1n) is 6.65. The third kappa shape index (κ3) is 6.19. The number of unbranched alkanes of at least 4 members (excludes halogenated alkanes) is 3. The Morgan fingerprint density at radius 2 is 1.55 bits per heavy atom. The van der Waals surface area contributed by atoms with Crippen molar-refractivity contribution in [2.24, 2.45) is 0 Å². The molecule has 2 N–H and O–H groups in total. The SMILES string of the molecule is CCCCCCC(=O)O.Cc1c(C)c(=C=O)[nH]c1=C=O. The van der Waals surface area contributed by atoms with E-state index in [4.69, 9.17) is 5.11 Å². The third-order valence-corrected chi connectivity index (χ3v) is 3.01. The van der Waals surface area contributed by atoms with Crippen LogP contribution in [0, 0.1) is 13.8 Å². The van der Waals surface area contributed by atoms with Gasteiger partial charge in [0.05, 0.1) is 0 Å². The molecule has 0 saturated carbocycles. The molecule has 0 spiro atoms. The van der Waals surface area contributed by atoms with Crippen molar-refractivity contribution >= 4 is 17.9 Å². The molecule has 0 aromatic carbocycles. The number of hydrogen-bond acceptors (Lipinski definition) is 3. The largest absolute Gasteiger partial charge is 0.481 e. The summed E-state index contributed by atoms with van der Waals surface area (Å²) in [6.45, 7) is 5.63. The molecule has 0 atom stereocenters. The lowest BCUT2D eigenvalue weighted by atomic mass is 10.2. The van der Waals surface area contributed by atoms with E-state index in [1.807, 2.05) is 0 Å². The van der Waals surface area contributed by atoms with Gasteiger partial charge in [0.15, 0.2) is 11.9 Å². The summed E-state index contributed by atoms with van der Waals surface area (Å²) in [5.74, 6) is 2.74. The Morgan fingerprint density at radius 1 is 1.05 bits per heavy atom. The standard InChI is InChI=1S/C8H7NO2.C7H14O2/c1-5-6(2)8(4-11)9-7(5)3-10;1-2-3-4-5-6-7(8)9/h9H,1-2H3;2-6H2,1H3,(H,8,9). The van der Waals surface area contributed by atoms with Crippen molar-refractivity contribution in [2.75, 3.05) is 0 Å². The fourth-order valence-corrected chi connectivity index (χ4v) is 1.59. The molecule has 0 fully saturated rings. The van der Waals surface area contributed by atoms with Crippen LogP contribution in [0.5, 0.6) is 0 Å². The molecule has 1 aromatic heterocycles. The smallest absolute Gasteiger partial charge is 0.303 e. The molecule has 0 unspecified atom stereocenters. The van der Waals surface area contributed by atoms with Crippen molar-refractivity contribution in [2.45, 2.75) is 52.9 Å². The molecule has 5 nitrogen and oxygen atoms in total. The molecule has 1 rings (SSSR count). The Bertz CT molecular complexity index is 550. The predicted molar refractivity (Wildman–Crippen MR) is 75.5 cm³/mol. The molecule has 0 bridgehead atoms. The summed E-state index contributed by atoms with van der Waals surface area (Å²) < 4.78 is 0. The maximum absolute atomic E-state index is 10.2. The van der Waals surface area contributed by atoms with Crippen LogP contribution >= 0.6 is 0 Å². The van der Waals surface area contributed by atoms with Gasteiger partial charge in [0.2, 0.25) is 0 Å². The van der Waals surface area contributed by atoms with Crippen LogP contribution in [0.25, 0.3) is 0 Å². The van der Waals surface area contributed by atoms with Crippen LogP contribution in [0.1, 0.15) is 50.2 Å². The predicted octanol–water partition coefficient (Wildman–Crippen LogP) is 0.679. The monoisotopic (exact) mass is 279 g/mol. The second-order valence-corrected chi connectivity index (χ2v) is 4.53. The lowest BCUT2D eigenvalue weighted by Crippen LogP contribution is -2.12. The molecule has 0 aliphatic carbocycles. The van der Waals surface area contributed by atoms with E-state index >= 15 is 0 Å². The molecular weight excluding hydrogens is 258 g/mol. The number of aliphatic carboxylic acids is 1. The summed E-state index contributed by atoms with van der Waals surface area (Å²) in [5.41, 5.74) is 1.52. The number of carboxylic acid groups (broad SMARTS) is 1. The quantitative estimate of drug-likeness (QED) is 0.776. The number of H-pyrrole nitrogens is 1. The third-order valence-electron chi connectivity index (χ3n) is 3.01. The maximum atomic E-state index is 10.2. The molecule has 1 aromatic rings. The molecule has 0 radical (unpaired) electrons. The molecular formula is C15H21NO4. The van der Waals surface area contributed by atoms with Crippen LogP contribution in [0.4, 0.5) is 0 Å². The molecule has 0 aliphatic rings. The molecule has 0 saturated heterocycles. The van der Waals surface area contributed by atoms with E-state index in [-0.39, 0.29) is 0 Å². The van der Waals surface area contributed by atoms with Crippen molar-refractivity contribution in [1.29, 1.82) is 0 Å². The van der Waals surface area contributed by atoms with Crippen LogP contribution in [-0.4, -0.2) is 27.9 Å².